The molecule has 1 saturated heterocycles. The second kappa shape index (κ2) is 19.1. The molecule has 1 N–H and O–H groups in total. The molecule has 0 aromatic rings. The quantitative estimate of drug-likeness (QED) is 0.0865. The summed E-state index contributed by atoms with van der Waals surface area (Å²) < 4.78 is 11.3. The summed E-state index contributed by atoms with van der Waals surface area (Å²) in [6.45, 7) is 8.37. The van der Waals surface area contributed by atoms with Crippen LogP contribution in [0.3, 0.4) is 0 Å². The number of rotatable bonds is 21. The Kier molecular flexibility index (Phi) is 16.9. The highest BCUT2D eigenvalue weighted by atomic mass is 16.6. The Balaban J connectivity index is 2.70. The van der Waals surface area contributed by atoms with Crippen molar-refractivity contribution in [2.45, 2.75) is 129 Å². The number of esters is 2. The number of hydrogen-bond donors (Lipinski definition) is 1. The molecule has 0 unspecified atom stereocenters. The van der Waals surface area contributed by atoms with Crippen LogP contribution in [0.25, 0.3) is 0 Å². The first-order chi connectivity index (χ1) is 16.9. The Bertz CT molecular complexity index is 657. The van der Waals surface area contributed by atoms with Crippen molar-refractivity contribution >= 4 is 18.3 Å². The van der Waals surface area contributed by atoms with Crippen molar-refractivity contribution in [1.82, 2.24) is 5.32 Å². The van der Waals surface area contributed by atoms with Crippen molar-refractivity contribution in [1.29, 1.82) is 0 Å². The summed E-state index contributed by atoms with van der Waals surface area (Å²) in [7, 11) is 0. The summed E-state index contributed by atoms with van der Waals surface area (Å²) in [6.07, 6.45) is 21.0. The first-order valence-corrected chi connectivity index (χ1v) is 13.8. The van der Waals surface area contributed by atoms with Crippen molar-refractivity contribution in [3.05, 3.63) is 24.3 Å². The SMILES string of the molecule is CCCCCC=CCC=CC[C@@H](C[C@@H]1OC(=O)[C@H]1CCCCCC)OC(=O)[C@H](CC(C)C)NC=O. The van der Waals surface area contributed by atoms with Gasteiger partial charge in [0, 0.05) is 12.8 Å². The molecule has 1 aliphatic heterocycles. The highest BCUT2D eigenvalue weighted by molar-refractivity contribution is 5.79. The highest BCUT2D eigenvalue weighted by Gasteiger charge is 2.43. The third-order valence-corrected chi connectivity index (χ3v) is 6.41. The Hall–Kier alpha value is -2.11. The molecule has 4 atom stereocenters. The maximum absolute atomic E-state index is 12.8. The molecule has 0 aliphatic carbocycles. The number of hydrogen-bond acceptors (Lipinski definition) is 5. The minimum atomic E-state index is -0.668. The predicted molar refractivity (Wildman–Crippen MR) is 141 cm³/mol. The average molecular weight is 492 g/mol. The van der Waals surface area contributed by atoms with Crippen LogP contribution in [0.4, 0.5) is 0 Å². The van der Waals surface area contributed by atoms with Gasteiger partial charge in [-0.1, -0.05) is 90.5 Å². The third kappa shape index (κ3) is 13.5. The zero-order chi connectivity index (χ0) is 25.9. The van der Waals surface area contributed by atoms with Gasteiger partial charge in [-0.15, -0.1) is 0 Å². The maximum Gasteiger partial charge on any atom is 0.328 e. The second-order valence-electron chi connectivity index (χ2n) is 10.1. The minimum absolute atomic E-state index is 0.109. The fourth-order valence-electron chi connectivity index (χ4n) is 4.34. The standard InChI is InChI=1S/C29H49NO5/c1-5-7-9-11-12-13-14-15-16-18-24(34-29(33)26(30-22-31)20-23(3)4)21-27-25(28(32)35-27)19-17-10-8-6-2/h12-13,15-16,22-27H,5-11,14,17-21H2,1-4H3,(H,30,31)/t24-,25-,26-,27-/m0/s1. The third-order valence-electron chi connectivity index (χ3n) is 6.41. The molecule has 35 heavy (non-hydrogen) atoms. The van der Waals surface area contributed by atoms with E-state index in [2.05, 4.69) is 37.4 Å². The molecular formula is C29H49NO5. The monoisotopic (exact) mass is 491 g/mol. The van der Waals surface area contributed by atoms with Gasteiger partial charge in [-0.2, -0.15) is 0 Å². The number of nitrogens with one attached hydrogen (secondary N) is 1. The van der Waals surface area contributed by atoms with Crippen molar-refractivity contribution in [2.24, 2.45) is 11.8 Å². The lowest BCUT2D eigenvalue weighted by molar-refractivity contribution is -0.190. The van der Waals surface area contributed by atoms with Gasteiger partial charge in [0.25, 0.3) is 0 Å². The lowest BCUT2D eigenvalue weighted by atomic mass is 9.87. The number of unbranched alkanes of at least 4 members (excludes halogenated alkanes) is 6. The molecule has 1 rings (SSSR count). The van der Waals surface area contributed by atoms with Gasteiger partial charge < -0.3 is 14.8 Å². The first kappa shape index (κ1) is 30.9. The molecule has 0 spiro atoms. The van der Waals surface area contributed by atoms with Gasteiger partial charge in [0.15, 0.2) is 0 Å². The molecule has 1 aliphatic rings. The Morgan fingerprint density at radius 1 is 1.03 bits per heavy atom. The lowest BCUT2D eigenvalue weighted by Crippen LogP contribution is -2.48. The van der Waals surface area contributed by atoms with Crippen molar-refractivity contribution < 1.29 is 23.9 Å². The zero-order valence-corrected chi connectivity index (χ0v) is 22.5. The maximum atomic E-state index is 12.8. The normalized spacial score (nSPS) is 19.5. The molecule has 6 nitrogen and oxygen atoms in total. The van der Waals surface area contributed by atoms with Gasteiger partial charge in [-0.3, -0.25) is 9.59 Å². The lowest BCUT2D eigenvalue weighted by Gasteiger charge is -2.37. The summed E-state index contributed by atoms with van der Waals surface area (Å²) in [5, 5.41) is 2.59. The minimum Gasteiger partial charge on any atom is -0.461 e. The second-order valence-corrected chi connectivity index (χ2v) is 10.1. The molecule has 0 bridgehead atoms. The number of amides is 1. The number of cyclic esters (lactones) is 1. The Labute approximate surface area is 213 Å². The van der Waals surface area contributed by atoms with Crippen LogP contribution in [0.5, 0.6) is 0 Å². The van der Waals surface area contributed by atoms with E-state index in [1.807, 2.05) is 19.9 Å². The molecule has 200 valence electrons. The van der Waals surface area contributed by atoms with Crippen molar-refractivity contribution in [3.8, 4) is 0 Å². The highest BCUT2D eigenvalue weighted by Crippen LogP contribution is 2.32. The van der Waals surface area contributed by atoms with Crippen LogP contribution in [-0.2, 0) is 23.9 Å². The largest absolute Gasteiger partial charge is 0.461 e. The van der Waals surface area contributed by atoms with Crippen LogP contribution in [0.1, 0.15) is 111 Å². The van der Waals surface area contributed by atoms with Crippen LogP contribution < -0.4 is 5.32 Å². The summed E-state index contributed by atoms with van der Waals surface area (Å²) in [4.78, 5) is 35.9. The van der Waals surface area contributed by atoms with E-state index in [4.69, 9.17) is 9.47 Å². The van der Waals surface area contributed by atoms with Gasteiger partial charge in [0.2, 0.25) is 6.41 Å². The van der Waals surface area contributed by atoms with Gasteiger partial charge >= 0.3 is 11.9 Å². The molecule has 0 radical (unpaired) electrons. The summed E-state index contributed by atoms with van der Waals surface area (Å²) >= 11 is 0. The van der Waals surface area contributed by atoms with E-state index in [9.17, 15) is 14.4 Å². The fraction of sp³-hybridized carbons (Fsp3) is 0.759. The van der Waals surface area contributed by atoms with Crippen molar-refractivity contribution in [3.63, 3.8) is 0 Å². The predicted octanol–water partition coefficient (Wildman–Crippen LogP) is 6.43. The van der Waals surface area contributed by atoms with Crippen molar-refractivity contribution in [2.75, 3.05) is 0 Å². The van der Waals surface area contributed by atoms with Crippen LogP contribution in [0.2, 0.25) is 0 Å². The summed E-state index contributed by atoms with van der Waals surface area (Å²) in [6, 6.07) is -0.668. The molecule has 0 aromatic heterocycles. The van der Waals surface area contributed by atoms with E-state index in [1.54, 1.807) is 0 Å². The molecule has 1 amide bonds. The summed E-state index contributed by atoms with van der Waals surface area (Å²) in [5.74, 6) is -0.434. The van der Waals surface area contributed by atoms with E-state index in [0.29, 0.717) is 25.7 Å². The smallest absolute Gasteiger partial charge is 0.328 e. The van der Waals surface area contributed by atoms with E-state index in [0.717, 1.165) is 38.5 Å². The van der Waals surface area contributed by atoms with Gasteiger partial charge in [0.05, 0.1) is 5.92 Å². The van der Waals surface area contributed by atoms with E-state index < -0.39 is 18.1 Å². The topological polar surface area (TPSA) is 81.7 Å². The molecule has 1 heterocycles. The van der Waals surface area contributed by atoms with Gasteiger partial charge in [-0.25, -0.2) is 4.79 Å². The van der Waals surface area contributed by atoms with Crippen LogP contribution >= 0.6 is 0 Å². The van der Waals surface area contributed by atoms with Gasteiger partial charge in [-0.05, 0) is 38.0 Å². The van der Waals surface area contributed by atoms with Crippen LogP contribution in [0, 0.1) is 11.8 Å². The van der Waals surface area contributed by atoms with Crippen LogP contribution in [0.15, 0.2) is 24.3 Å². The zero-order valence-electron chi connectivity index (χ0n) is 22.5. The number of ether oxygens (including phenoxy) is 2. The van der Waals surface area contributed by atoms with E-state index in [-0.39, 0.29) is 23.9 Å². The van der Waals surface area contributed by atoms with Gasteiger partial charge in [0.1, 0.15) is 18.2 Å². The average Bonchev–Trinajstić information content (AvgIpc) is 2.81. The summed E-state index contributed by atoms with van der Waals surface area (Å²) in [5.41, 5.74) is 0. The van der Waals surface area contributed by atoms with E-state index in [1.165, 1.54) is 25.7 Å². The number of carbonyl (C=O) groups excluding carboxylic acids is 3. The molecule has 1 fully saturated rings. The molecule has 0 aromatic carbocycles. The Morgan fingerprint density at radius 3 is 2.40 bits per heavy atom. The fourth-order valence-corrected chi connectivity index (χ4v) is 4.34. The molecular weight excluding hydrogens is 442 g/mol. The number of carbonyl (C=O) groups is 3. The van der Waals surface area contributed by atoms with E-state index >= 15 is 0 Å². The number of allylic oxidation sites excluding steroid dienone is 3. The molecule has 6 heteroatoms. The molecule has 0 saturated carbocycles. The Morgan fingerprint density at radius 2 is 1.74 bits per heavy atom. The first-order valence-electron chi connectivity index (χ1n) is 13.8. The van der Waals surface area contributed by atoms with Crippen LogP contribution in [-0.4, -0.2) is 36.6 Å².